The van der Waals surface area contributed by atoms with Gasteiger partial charge < -0.3 is 14.8 Å². The summed E-state index contributed by atoms with van der Waals surface area (Å²) in [5.41, 5.74) is 0.707. The Hall–Kier alpha value is -0.610. The number of carbonyl (C=O) groups excluding carboxylic acids is 1. The van der Waals surface area contributed by atoms with Crippen LogP contribution in [-0.4, -0.2) is 37.9 Å². The molecule has 22 heavy (non-hydrogen) atoms. The van der Waals surface area contributed by atoms with E-state index in [0.29, 0.717) is 30.1 Å². The molecule has 2 rings (SSSR count). The third-order valence-electron chi connectivity index (χ3n) is 6.49. The van der Waals surface area contributed by atoms with E-state index in [0.717, 1.165) is 12.3 Å². The molecule has 0 unspecified atom stereocenters. The normalized spacial score (nSPS) is 33.9. The summed E-state index contributed by atoms with van der Waals surface area (Å²) in [6.45, 7) is 12.8. The maximum Gasteiger partial charge on any atom is 0.320 e. The highest BCUT2D eigenvalue weighted by molar-refractivity contribution is 5.71. The standard InChI is InChI=1S/C18H33NO3/c1-6-13(2)22-16(20)12-19-9-10-21-15-11-14-7-8-18(15,5)17(14,3)4/h13-15,19H,6-12H2,1-5H3/t13-,14-,15+,18+/m0/s1. The Bertz CT molecular complexity index is 396. The van der Waals surface area contributed by atoms with E-state index in [1.807, 2.05) is 13.8 Å². The second kappa shape index (κ2) is 6.88. The lowest BCUT2D eigenvalue weighted by atomic mass is 9.70. The maximum absolute atomic E-state index is 11.5. The van der Waals surface area contributed by atoms with E-state index in [1.165, 1.54) is 19.3 Å². The lowest BCUT2D eigenvalue weighted by molar-refractivity contribution is -0.147. The minimum absolute atomic E-state index is 0.00164. The van der Waals surface area contributed by atoms with Gasteiger partial charge in [-0.1, -0.05) is 27.7 Å². The molecule has 1 N–H and O–H groups in total. The van der Waals surface area contributed by atoms with E-state index in [2.05, 4.69) is 26.1 Å². The van der Waals surface area contributed by atoms with Crippen LogP contribution in [0.1, 0.15) is 60.3 Å². The number of rotatable bonds is 8. The van der Waals surface area contributed by atoms with Crippen molar-refractivity contribution in [2.45, 2.75) is 72.5 Å². The first-order chi connectivity index (χ1) is 10.3. The van der Waals surface area contributed by atoms with Crippen molar-refractivity contribution in [2.24, 2.45) is 16.7 Å². The number of carbonyl (C=O) groups is 1. The first-order valence-electron chi connectivity index (χ1n) is 8.83. The number of hydrogen-bond donors (Lipinski definition) is 1. The van der Waals surface area contributed by atoms with E-state index in [4.69, 9.17) is 9.47 Å². The minimum Gasteiger partial charge on any atom is -0.462 e. The third-order valence-corrected chi connectivity index (χ3v) is 6.49. The Kier molecular flexibility index (Phi) is 5.54. The van der Waals surface area contributed by atoms with Crippen molar-refractivity contribution in [2.75, 3.05) is 19.7 Å². The van der Waals surface area contributed by atoms with Crippen LogP contribution in [-0.2, 0) is 14.3 Å². The van der Waals surface area contributed by atoms with Gasteiger partial charge in [0.1, 0.15) is 0 Å². The SMILES string of the molecule is CC[C@H](C)OC(=O)CNCCO[C@@H]1C[C@@H]2CC[C@@]1(C)C2(C)C. The average molecular weight is 311 g/mol. The first-order valence-corrected chi connectivity index (χ1v) is 8.83. The Morgan fingerprint density at radius 3 is 2.64 bits per heavy atom. The van der Waals surface area contributed by atoms with Crippen molar-refractivity contribution >= 4 is 5.97 Å². The van der Waals surface area contributed by atoms with Gasteiger partial charge in [0.2, 0.25) is 0 Å². The molecule has 4 nitrogen and oxygen atoms in total. The van der Waals surface area contributed by atoms with Crippen LogP contribution in [0.2, 0.25) is 0 Å². The number of hydrogen-bond acceptors (Lipinski definition) is 4. The molecule has 2 saturated carbocycles. The molecule has 2 aliphatic rings. The lowest BCUT2D eigenvalue weighted by Crippen LogP contribution is -2.38. The molecule has 4 heteroatoms. The van der Waals surface area contributed by atoms with Gasteiger partial charge in [-0.2, -0.15) is 0 Å². The Morgan fingerprint density at radius 1 is 1.36 bits per heavy atom. The predicted molar refractivity (Wildman–Crippen MR) is 87.7 cm³/mol. The van der Waals surface area contributed by atoms with E-state index < -0.39 is 0 Å². The van der Waals surface area contributed by atoms with Crippen LogP contribution in [0.25, 0.3) is 0 Å². The van der Waals surface area contributed by atoms with Crippen LogP contribution >= 0.6 is 0 Å². The molecule has 2 bridgehead atoms. The number of nitrogens with one attached hydrogen (secondary N) is 1. The molecule has 0 radical (unpaired) electrons. The summed E-state index contributed by atoms with van der Waals surface area (Å²) in [6.07, 6.45) is 5.05. The second-order valence-electron chi connectivity index (χ2n) is 7.86. The number of fused-ring (bicyclic) bond motifs is 2. The van der Waals surface area contributed by atoms with Gasteiger partial charge in [0.15, 0.2) is 0 Å². The first kappa shape index (κ1) is 17.7. The summed E-state index contributed by atoms with van der Waals surface area (Å²) < 4.78 is 11.4. The summed E-state index contributed by atoms with van der Waals surface area (Å²) >= 11 is 0. The smallest absolute Gasteiger partial charge is 0.320 e. The van der Waals surface area contributed by atoms with Crippen molar-refractivity contribution in [3.63, 3.8) is 0 Å². The molecule has 0 aromatic heterocycles. The van der Waals surface area contributed by atoms with E-state index in [-0.39, 0.29) is 18.6 Å². The summed E-state index contributed by atoms with van der Waals surface area (Å²) in [5.74, 6) is 0.628. The zero-order chi connectivity index (χ0) is 16.4. The highest BCUT2D eigenvalue weighted by Gasteiger charge is 2.61. The van der Waals surface area contributed by atoms with Crippen molar-refractivity contribution in [3.05, 3.63) is 0 Å². The monoisotopic (exact) mass is 311 g/mol. The van der Waals surface area contributed by atoms with E-state index in [9.17, 15) is 4.79 Å². The summed E-state index contributed by atoms with van der Waals surface area (Å²) in [4.78, 5) is 11.5. The van der Waals surface area contributed by atoms with Gasteiger partial charge >= 0.3 is 5.97 Å². The quantitative estimate of drug-likeness (QED) is 0.552. The van der Waals surface area contributed by atoms with E-state index in [1.54, 1.807) is 0 Å². The lowest BCUT2D eigenvalue weighted by Gasteiger charge is -2.38. The maximum atomic E-state index is 11.5. The summed E-state index contributed by atoms with van der Waals surface area (Å²) in [6, 6.07) is 0. The molecule has 0 aliphatic heterocycles. The Balaban J connectivity index is 1.63. The Labute approximate surface area is 135 Å². The van der Waals surface area contributed by atoms with Crippen molar-refractivity contribution < 1.29 is 14.3 Å². The van der Waals surface area contributed by atoms with Crippen LogP contribution < -0.4 is 5.32 Å². The molecule has 0 aromatic carbocycles. The minimum atomic E-state index is -0.178. The zero-order valence-electron chi connectivity index (χ0n) is 14.9. The fourth-order valence-corrected chi connectivity index (χ4v) is 4.20. The molecule has 0 heterocycles. The average Bonchev–Trinajstić information content (AvgIpc) is 2.79. The molecule has 4 atom stereocenters. The molecule has 128 valence electrons. The van der Waals surface area contributed by atoms with Crippen LogP contribution in [0.5, 0.6) is 0 Å². The van der Waals surface area contributed by atoms with Gasteiger partial charge in [0.25, 0.3) is 0 Å². The Morgan fingerprint density at radius 2 is 2.09 bits per heavy atom. The van der Waals surface area contributed by atoms with Gasteiger partial charge in [-0.3, -0.25) is 4.79 Å². The fourth-order valence-electron chi connectivity index (χ4n) is 4.20. The van der Waals surface area contributed by atoms with Gasteiger partial charge in [0, 0.05) is 6.54 Å². The molecule has 0 aromatic rings. The third kappa shape index (κ3) is 3.33. The molecule has 0 saturated heterocycles. The molecular formula is C18H33NO3. The van der Waals surface area contributed by atoms with Crippen molar-refractivity contribution in [1.29, 1.82) is 0 Å². The van der Waals surface area contributed by atoms with Gasteiger partial charge in [-0.15, -0.1) is 0 Å². The second-order valence-corrected chi connectivity index (χ2v) is 7.86. The highest BCUT2D eigenvalue weighted by Crippen LogP contribution is 2.66. The van der Waals surface area contributed by atoms with Gasteiger partial charge in [-0.25, -0.2) is 0 Å². The molecule has 2 fully saturated rings. The van der Waals surface area contributed by atoms with Gasteiger partial charge in [0.05, 0.1) is 25.4 Å². The van der Waals surface area contributed by atoms with Crippen LogP contribution in [0.3, 0.4) is 0 Å². The largest absolute Gasteiger partial charge is 0.462 e. The number of esters is 1. The molecule has 2 aliphatic carbocycles. The molecule has 0 amide bonds. The van der Waals surface area contributed by atoms with Gasteiger partial charge in [-0.05, 0) is 49.4 Å². The summed E-state index contributed by atoms with van der Waals surface area (Å²) in [7, 11) is 0. The van der Waals surface area contributed by atoms with E-state index >= 15 is 0 Å². The zero-order valence-corrected chi connectivity index (χ0v) is 14.9. The highest BCUT2D eigenvalue weighted by atomic mass is 16.5. The predicted octanol–water partition coefficient (Wildman–Crippen LogP) is 3.15. The number of ether oxygens (including phenoxy) is 2. The van der Waals surface area contributed by atoms with Crippen molar-refractivity contribution in [1.82, 2.24) is 5.32 Å². The van der Waals surface area contributed by atoms with Crippen LogP contribution in [0.15, 0.2) is 0 Å². The summed E-state index contributed by atoms with van der Waals surface area (Å²) in [5, 5.41) is 3.12. The van der Waals surface area contributed by atoms with Crippen LogP contribution in [0, 0.1) is 16.7 Å². The topological polar surface area (TPSA) is 47.6 Å². The van der Waals surface area contributed by atoms with Crippen molar-refractivity contribution in [3.8, 4) is 0 Å². The molecular weight excluding hydrogens is 278 g/mol. The fraction of sp³-hybridized carbons (Fsp3) is 0.944. The molecule has 0 spiro atoms. The van der Waals surface area contributed by atoms with Crippen LogP contribution in [0.4, 0.5) is 0 Å².